The smallest absolute Gasteiger partial charge is 0.195 e. The van der Waals surface area contributed by atoms with E-state index in [4.69, 9.17) is 4.52 Å². The lowest BCUT2D eigenvalue weighted by atomic mass is 9.44. The van der Waals surface area contributed by atoms with Gasteiger partial charge >= 0.3 is 0 Å². The van der Waals surface area contributed by atoms with Crippen molar-refractivity contribution in [3.63, 3.8) is 0 Å². The summed E-state index contributed by atoms with van der Waals surface area (Å²) in [6, 6.07) is 0. The van der Waals surface area contributed by atoms with Gasteiger partial charge < -0.3 is 20.0 Å². The van der Waals surface area contributed by atoms with Gasteiger partial charge in [-0.15, -0.1) is 0 Å². The number of halogens is 1. The molecule has 8 atom stereocenters. The number of carbonyl (C=O) groups excluding carboxylic acids is 2. The van der Waals surface area contributed by atoms with Crippen LogP contribution in [0, 0.1) is 28.6 Å². The van der Waals surface area contributed by atoms with Crippen LogP contribution in [0.25, 0.3) is 0 Å². The fraction of sp³-hybridized carbons (Fsp3) is 0.739. The van der Waals surface area contributed by atoms with Crippen LogP contribution in [0.2, 0.25) is 0 Å². The molecule has 0 heterocycles. The average Bonchev–Trinajstić information content (AvgIpc) is 2.89. The van der Waals surface area contributed by atoms with E-state index in [-0.39, 0.29) is 12.2 Å². The number of ketones is 2. The lowest BCUT2D eigenvalue weighted by Crippen LogP contribution is -2.69. The quantitative estimate of drug-likeness (QED) is 0.588. The molecule has 7 nitrogen and oxygen atoms in total. The largest absolute Gasteiger partial charge is 0.660 e. The molecule has 9 heteroatoms. The summed E-state index contributed by atoms with van der Waals surface area (Å²) in [5.41, 5.74) is -5.66. The van der Waals surface area contributed by atoms with Crippen LogP contribution in [0.5, 0.6) is 0 Å². The molecule has 4 aliphatic carbocycles. The number of aliphatic hydroxyl groups excluding tert-OH is 1. The Bertz CT molecular complexity index is 913. The first-order valence-corrected chi connectivity index (χ1v) is 13.1. The Hall–Kier alpha value is -1.02. The molecule has 0 bridgehead atoms. The van der Waals surface area contributed by atoms with E-state index in [1.807, 2.05) is 0 Å². The first-order valence-electron chi connectivity index (χ1n) is 11.1. The molecule has 3 fully saturated rings. The van der Waals surface area contributed by atoms with Gasteiger partial charge in [0, 0.05) is 24.7 Å². The van der Waals surface area contributed by atoms with Crippen LogP contribution in [0.4, 0.5) is 4.39 Å². The zero-order chi connectivity index (χ0) is 23.9. The third-order valence-corrected chi connectivity index (χ3v) is 9.68. The summed E-state index contributed by atoms with van der Waals surface area (Å²) in [7, 11) is -4.18. The van der Waals surface area contributed by atoms with E-state index in [1.54, 1.807) is 26.8 Å². The standard InChI is InChI=1S/C23H32FO7P/c1-13-9-17-16-6-5-14-10-15(25)7-8-20(14,2)22(16,24)18(26)11-21(17,3)23(13,28)19(27)12-31-32(4,29)30/h7-8,10,13,16-18,26,28H,5-6,9,11-12H2,1-4H3,(H,29,30)/p-1/t13-,16?,17?,18?,20?,21?,22+,23+/m1/s1. The number of hydrogen-bond acceptors (Lipinski definition) is 7. The Labute approximate surface area is 187 Å². The second-order valence-corrected chi connectivity index (χ2v) is 12.4. The van der Waals surface area contributed by atoms with Crippen LogP contribution in [-0.4, -0.2) is 52.4 Å². The maximum Gasteiger partial charge on any atom is 0.195 e. The van der Waals surface area contributed by atoms with Gasteiger partial charge in [-0.25, -0.2) is 8.91 Å². The van der Waals surface area contributed by atoms with E-state index in [1.165, 1.54) is 12.2 Å². The van der Waals surface area contributed by atoms with Crippen LogP contribution in [0.15, 0.2) is 23.8 Å². The molecule has 3 saturated carbocycles. The molecule has 2 N–H and O–H groups in total. The third kappa shape index (κ3) is 3.00. The highest BCUT2D eigenvalue weighted by Gasteiger charge is 2.75. The molecule has 5 unspecified atom stereocenters. The highest BCUT2D eigenvalue weighted by molar-refractivity contribution is 7.55. The second kappa shape index (κ2) is 7.24. The molecule has 178 valence electrons. The van der Waals surface area contributed by atoms with Crippen molar-refractivity contribution in [2.45, 2.75) is 63.8 Å². The van der Waals surface area contributed by atoms with Crippen LogP contribution in [-0.2, 0) is 14.1 Å². The summed E-state index contributed by atoms with van der Waals surface area (Å²) in [5, 5.41) is 22.9. The maximum absolute atomic E-state index is 17.0. The van der Waals surface area contributed by atoms with Gasteiger partial charge in [-0.05, 0) is 56.6 Å². The van der Waals surface area contributed by atoms with Gasteiger partial charge in [-0.2, -0.15) is 0 Å². The van der Waals surface area contributed by atoms with Gasteiger partial charge in [-0.1, -0.05) is 25.5 Å². The van der Waals surface area contributed by atoms with Crippen molar-refractivity contribution in [1.29, 1.82) is 0 Å². The number of Topliss-reactive ketones (excluding diaryl/α,β-unsaturated/α-hetero) is 1. The molecule has 0 aromatic rings. The van der Waals surface area contributed by atoms with E-state index < -0.39 is 66.3 Å². The van der Waals surface area contributed by atoms with E-state index in [2.05, 4.69) is 0 Å². The van der Waals surface area contributed by atoms with Crippen LogP contribution < -0.4 is 9.79 Å². The highest BCUT2D eigenvalue weighted by Crippen LogP contribution is 2.70. The molecule has 0 saturated heterocycles. The molecule has 4 rings (SSSR count). The number of allylic oxidation sites excluding steroid dienone is 4. The van der Waals surface area contributed by atoms with E-state index >= 15 is 4.39 Å². The summed E-state index contributed by atoms with van der Waals surface area (Å²) in [6.07, 6.45) is 3.94. The third-order valence-electron chi connectivity index (χ3n) is 9.08. The number of hydrogen-bond donors (Lipinski definition) is 2. The van der Waals surface area contributed by atoms with Gasteiger partial charge in [-0.3, -0.25) is 9.59 Å². The Morgan fingerprint density at radius 2 is 2.00 bits per heavy atom. The van der Waals surface area contributed by atoms with E-state index in [9.17, 15) is 29.6 Å². The first-order chi connectivity index (χ1) is 14.6. The maximum atomic E-state index is 17.0. The fourth-order valence-electron chi connectivity index (χ4n) is 7.43. The van der Waals surface area contributed by atoms with Gasteiger partial charge in [0.2, 0.25) is 0 Å². The van der Waals surface area contributed by atoms with Crippen molar-refractivity contribution in [2.24, 2.45) is 28.6 Å². The number of alkyl halides is 1. The van der Waals surface area contributed by atoms with Crippen molar-refractivity contribution in [1.82, 2.24) is 0 Å². The number of fused-ring (bicyclic) bond motifs is 5. The lowest BCUT2D eigenvalue weighted by Gasteiger charge is -2.62. The molecule has 0 amide bonds. The lowest BCUT2D eigenvalue weighted by molar-refractivity contribution is -0.333. The summed E-state index contributed by atoms with van der Waals surface area (Å²) in [6.45, 7) is 5.16. The van der Waals surface area contributed by atoms with Crippen LogP contribution in [0.1, 0.15) is 46.5 Å². The van der Waals surface area contributed by atoms with Crippen molar-refractivity contribution in [3.8, 4) is 0 Å². The minimum atomic E-state index is -4.18. The number of aliphatic hydroxyl groups is 2. The molecular formula is C23H31FO7P-. The van der Waals surface area contributed by atoms with Gasteiger partial charge in [0.25, 0.3) is 0 Å². The summed E-state index contributed by atoms with van der Waals surface area (Å²) >= 11 is 0. The monoisotopic (exact) mass is 469 g/mol. The molecule has 4 aliphatic rings. The van der Waals surface area contributed by atoms with Crippen LogP contribution >= 0.6 is 7.94 Å². The molecule has 0 aliphatic heterocycles. The van der Waals surface area contributed by atoms with Gasteiger partial charge in [0.1, 0.15) is 5.60 Å². The average molecular weight is 469 g/mol. The predicted octanol–water partition coefficient (Wildman–Crippen LogP) is 1.03. The zero-order valence-electron chi connectivity index (χ0n) is 18.8. The molecule has 0 aromatic heterocycles. The van der Waals surface area contributed by atoms with Gasteiger partial charge in [0.05, 0.1) is 12.8 Å². The minimum absolute atomic E-state index is 0.164. The Kier molecular flexibility index (Phi) is 5.45. The predicted molar refractivity (Wildman–Crippen MR) is 112 cm³/mol. The Morgan fingerprint density at radius 3 is 2.62 bits per heavy atom. The SMILES string of the molecule is C[C@@H]1CC2C3CCC4=CC(=O)C=CC4(C)[C@@]3(F)C(O)CC2(C)[C@@]1(O)C(=O)CO[P+](C)([O-])[O-]. The first kappa shape index (κ1) is 24.1. The summed E-state index contributed by atoms with van der Waals surface area (Å²) in [4.78, 5) is 47.8. The van der Waals surface area contributed by atoms with Crippen molar-refractivity contribution in [3.05, 3.63) is 23.8 Å². The summed E-state index contributed by atoms with van der Waals surface area (Å²) < 4.78 is 21.7. The fourth-order valence-corrected chi connectivity index (χ4v) is 7.78. The minimum Gasteiger partial charge on any atom is -0.660 e. The Morgan fingerprint density at radius 1 is 1.34 bits per heavy atom. The van der Waals surface area contributed by atoms with E-state index in [0.717, 1.165) is 6.66 Å². The van der Waals surface area contributed by atoms with Gasteiger partial charge in [0.15, 0.2) is 23.8 Å². The normalized spacial score (nSPS) is 48.0. The number of rotatable bonds is 4. The van der Waals surface area contributed by atoms with Crippen molar-refractivity contribution in [2.75, 3.05) is 13.3 Å². The van der Waals surface area contributed by atoms with Crippen molar-refractivity contribution >= 4 is 19.5 Å². The zero-order valence-corrected chi connectivity index (χ0v) is 19.7. The van der Waals surface area contributed by atoms with Crippen LogP contribution in [0.3, 0.4) is 0 Å². The molecule has 0 radical (unpaired) electrons. The molecule has 0 aromatic carbocycles. The second-order valence-electron chi connectivity index (χ2n) is 10.6. The molecular weight excluding hydrogens is 438 g/mol. The van der Waals surface area contributed by atoms with Crippen molar-refractivity contribution < 1.29 is 38.5 Å². The molecule has 0 spiro atoms. The highest BCUT2D eigenvalue weighted by atomic mass is 31.2. The Balaban J connectivity index is 1.73. The number of carbonyl (C=O) groups is 2. The molecule has 32 heavy (non-hydrogen) atoms. The topological polar surface area (TPSA) is 130 Å². The van der Waals surface area contributed by atoms with E-state index in [0.29, 0.717) is 24.8 Å². The summed E-state index contributed by atoms with van der Waals surface area (Å²) in [5.74, 6) is -2.59.